The third-order valence-electron chi connectivity index (χ3n) is 2.13. The Hall–Kier alpha value is -0.180. The summed E-state index contributed by atoms with van der Waals surface area (Å²) in [5, 5.41) is 0. The highest BCUT2D eigenvalue weighted by Crippen LogP contribution is 2.32. The van der Waals surface area contributed by atoms with E-state index in [-0.39, 0.29) is 6.10 Å². The first-order valence-corrected chi connectivity index (χ1v) is 3.56. The zero-order chi connectivity index (χ0) is 7.56. The third-order valence-corrected chi connectivity index (χ3v) is 2.13. The lowest BCUT2D eigenvalue weighted by Gasteiger charge is -2.16. The van der Waals surface area contributed by atoms with Gasteiger partial charge in [-0.25, -0.2) is 8.78 Å². The summed E-state index contributed by atoms with van der Waals surface area (Å²) in [4.78, 5) is 0. The molecule has 0 aromatic heterocycles. The van der Waals surface area contributed by atoms with Gasteiger partial charge in [-0.1, -0.05) is 6.42 Å². The van der Waals surface area contributed by atoms with E-state index in [0.29, 0.717) is 6.42 Å². The zero-order valence-electron chi connectivity index (χ0n) is 6.02. The van der Waals surface area contributed by atoms with E-state index in [2.05, 4.69) is 0 Å². The minimum Gasteiger partial charge on any atom is -0.381 e. The van der Waals surface area contributed by atoms with Crippen molar-refractivity contribution < 1.29 is 13.5 Å². The van der Waals surface area contributed by atoms with Crippen molar-refractivity contribution in [1.29, 1.82) is 0 Å². The maximum atomic E-state index is 12.1. The molecule has 1 fully saturated rings. The summed E-state index contributed by atoms with van der Waals surface area (Å²) in [5.74, 6) is -0.509. The van der Waals surface area contributed by atoms with Crippen molar-refractivity contribution in [2.24, 2.45) is 5.92 Å². The number of methoxy groups -OCH3 is 1. The summed E-state index contributed by atoms with van der Waals surface area (Å²) in [6.45, 7) is 0. The highest BCUT2D eigenvalue weighted by Gasteiger charge is 2.33. The van der Waals surface area contributed by atoms with Crippen LogP contribution in [0.4, 0.5) is 8.78 Å². The molecule has 0 heterocycles. The minimum atomic E-state index is -2.20. The van der Waals surface area contributed by atoms with Gasteiger partial charge in [0.2, 0.25) is 6.43 Å². The maximum Gasteiger partial charge on any atom is 0.243 e. The first-order valence-electron chi connectivity index (χ1n) is 3.56. The van der Waals surface area contributed by atoms with Gasteiger partial charge < -0.3 is 4.74 Å². The number of hydrogen-bond donors (Lipinski definition) is 0. The lowest BCUT2D eigenvalue weighted by atomic mass is 10.1. The van der Waals surface area contributed by atoms with Crippen molar-refractivity contribution in [3.63, 3.8) is 0 Å². The van der Waals surface area contributed by atoms with Crippen LogP contribution in [0.2, 0.25) is 0 Å². The molecule has 0 bridgehead atoms. The summed E-state index contributed by atoms with van der Waals surface area (Å²) in [6.07, 6.45) is -0.0951. The van der Waals surface area contributed by atoms with Crippen LogP contribution >= 0.6 is 0 Å². The van der Waals surface area contributed by atoms with Crippen LogP contribution in [0.15, 0.2) is 0 Å². The second kappa shape index (κ2) is 3.28. The van der Waals surface area contributed by atoms with Crippen LogP contribution in [-0.2, 0) is 4.74 Å². The molecule has 10 heavy (non-hydrogen) atoms. The van der Waals surface area contributed by atoms with E-state index >= 15 is 0 Å². The summed E-state index contributed by atoms with van der Waals surface area (Å²) in [7, 11) is 1.51. The zero-order valence-corrected chi connectivity index (χ0v) is 6.02. The van der Waals surface area contributed by atoms with Crippen LogP contribution in [0.3, 0.4) is 0 Å². The molecule has 0 N–H and O–H groups in total. The Labute approximate surface area is 59.4 Å². The summed E-state index contributed by atoms with van der Waals surface area (Å²) in [5.41, 5.74) is 0. The Bertz CT molecular complexity index is 106. The Morgan fingerprint density at radius 3 is 2.50 bits per heavy atom. The highest BCUT2D eigenvalue weighted by atomic mass is 19.3. The summed E-state index contributed by atoms with van der Waals surface area (Å²) < 4.78 is 29.1. The Balaban J connectivity index is 2.42. The highest BCUT2D eigenvalue weighted by molar-refractivity contribution is 4.79. The average molecular weight is 150 g/mol. The predicted octanol–water partition coefficient (Wildman–Crippen LogP) is 2.07. The smallest absolute Gasteiger partial charge is 0.243 e. The molecule has 0 saturated heterocycles. The number of rotatable bonds is 2. The lowest BCUT2D eigenvalue weighted by molar-refractivity contribution is -0.0124. The molecule has 0 aromatic carbocycles. The SMILES string of the molecule is COC1CCCC1C(F)F. The molecule has 3 heteroatoms. The van der Waals surface area contributed by atoms with Gasteiger partial charge in [0.1, 0.15) is 0 Å². The molecule has 0 amide bonds. The summed E-state index contributed by atoms with van der Waals surface area (Å²) in [6, 6.07) is 0. The quantitative estimate of drug-likeness (QED) is 0.585. The average Bonchev–Trinajstić information content (AvgIpc) is 2.33. The lowest BCUT2D eigenvalue weighted by Crippen LogP contribution is -2.22. The van der Waals surface area contributed by atoms with Crippen LogP contribution in [0.25, 0.3) is 0 Å². The van der Waals surface area contributed by atoms with E-state index in [1.165, 1.54) is 7.11 Å². The first-order chi connectivity index (χ1) is 4.75. The Morgan fingerprint density at radius 1 is 1.40 bits per heavy atom. The standard InChI is InChI=1S/C7H12F2O/c1-10-6-4-2-3-5(6)7(8)9/h5-7H,2-4H2,1H3. The second-order valence-electron chi connectivity index (χ2n) is 2.70. The number of halogens is 2. The third kappa shape index (κ3) is 1.45. The molecule has 1 nitrogen and oxygen atoms in total. The van der Waals surface area contributed by atoms with Crippen LogP contribution in [-0.4, -0.2) is 19.6 Å². The molecular formula is C7H12F2O. The summed E-state index contributed by atoms with van der Waals surface area (Å²) >= 11 is 0. The van der Waals surface area contributed by atoms with Crippen molar-refractivity contribution in [1.82, 2.24) is 0 Å². The fourth-order valence-electron chi connectivity index (χ4n) is 1.54. The van der Waals surface area contributed by atoms with Gasteiger partial charge in [0, 0.05) is 13.0 Å². The largest absolute Gasteiger partial charge is 0.381 e. The van der Waals surface area contributed by atoms with Crippen LogP contribution in [0, 0.1) is 5.92 Å². The molecule has 1 rings (SSSR count). The van der Waals surface area contributed by atoms with Gasteiger partial charge in [-0.2, -0.15) is 0 Å². The normalized spacial score (nSPS) is 33.6. The number of ether oxygens (including phenoxy) is 1. The van der Waals surface area contributed by atoms with Crippen molar-refractivity contribution in [2.75, 3.05) is 7.11 Å². The van der Waals surface area contributed by atoms with Gasteiger partial charge in [0.05, 0.1) is 6.10 Å². The van der Waals surface area contributed by atoms with Crippen LogP contribution in [0.1, 0.15) is 19.3 Å². The van der Waals surface area contributed by atoms with Crippen molar-refractivity contribution in [3.8, 4) is 0 Å². The number of hydrogen-bond acceptors (Lipinski definition) is 1. The van der Waals surface area contributed by atoms with E-state index in [9.17, 15) is 8.78 Å². The monoisotopic (exact) mass is 150 g/mol. The molecule has 1 saturated carbocycles. The van der Waals surface area contributed by atoms with Gasteiger partial charge in [0.25, 0.3) is 0 Å². The predicted molar refractivity (Wildman–Crippen MR) is 34.1 cm³/mol. The molecule has 60 valence electrons. The molecule has 1 aliphatic carbocycles. The molecule has 2 atom stereocenters. The topological polar surface area (TPSA) is 9.23 Å². The minimum absolute atomic E-state index is 0.194. The molecule has 0 radical (unpaired) electrons. The fourth-order valence-corrected chi connectivity index (χ4v) is 1.54. The Kier molecular flexibility index (Phi) is 2.60. The second-order valence-corrected chi connectivity index (χ2v) is 2.70. The molecule has 1 aliphatic rings. The van der Waals surface area contributed by atoms with Gasteiger partial charge in [-0.15, -0.1) is 0 Å². The van der Waals surface area contributed by atoms with E-state index in [1.54, 1.807) is 0 Å². The molecule has 0 spiro atoms. The van der Waals surface area contributed by atoms with Crippen molar-refractivity contribution in [2.45, 2.75) is 31.8 Å². The van der Waals surface area contributed by atoms with Gasteiger partial charge in [-0.3, -0.25) is 0 Å². The maximum absolute atomic E-state index is 12.1. The van der Waals surface area contributed by atoms with E-state index in [0.717, 1.165) is 12.8 Å². The molecule has 2 unspecified atom stereocenters. The van der Waals surface area contributed by atoms with Crippen LogP contribution < -0.4 is 0 Å². The van der Waals surface area contributed by atoms with E-state index < -0.39 is 12.3 Å². The molecule has 0 aromatic rings. The van der Waals surface area contributed by atoms with Crippen molar-refractivity contribution in [3.05, 3.63) is 0 Å². The van der Waals surface area contributed by atoms with E-state index in [4.69, 9.17) is 4.74 Å². The molecule has 0 aliphatic heterocycles. The van der Waals surface area contributed by atoms with Crippen LogP contribution in [0.5, 0.6) is 0 Å². The van der Waals surface area contributed by atoms with Gasteiger partial charge >= 0.3 is 0 Å². The Morgan fingerprint density at radius 2 is 2.10 bits per heavy atom. The first kappa shape index (κ1) is 7.92. The number of alkyl halides is 2. The van der Waals surface area contributed by atoms with Gasteiger partial charge in [-0.05, 0) is 12.8 Å². The van der Waals surface area contributed by atoms with E-state index in [1.807, 2.05) is 0 Å². The van der Waals surface area contributed by atoms with Gasteiger partial charge in [0.15, 0.2) is 0 Å². The molecular weight excluding hydrogens is 138 g/mol. The van der Waals surface area contributed by atoms with Crippen molar-refractivity contribution >= 4 is 0 Å². The fraction of sp³-hybridized carbons (Fsp3) is 1.00.